The van der Waals surface area contributed by atoms with E-state index >= 15 is 0 Å². The first-order chi connectivity index (χ1) is 9.67. The first-order valence-corrected chi connectivity index (χ1v) is 7.10. The number of rotatable bonds is 10. The van der Waals surface area contributed by atoms with Crippen molar-refractivity contribution in [1.82, 2.24) is 0 Å². The topological polar surface area (TPSA) is 44.8 Å². The zero-order valence-corrected chi connectivity index (χ0v) is 12.6. The maximum absolute atomic E-state index is 10.7. The molecule has 0 N–H and O–H groups in total. The van der Waals surface area contributed by atoms with E-state index < -0.39 is 0 Å². The molecule has 0 amide bonds. The lowest BCUT2D eigenvalue weighted by atomic mass is 10.1. The van der Waals surface area contributed by atoms with E-state index in [4.69, 9.17) is 14.2 Å². The van der Waals surface area contributed by atoms with Crippen LogP contribution in [0.3, 0.4) is 0 Å². The summed E-state index contributed by atoms with van der Waals surface area (Å²) in [6, 6.07) is 5.15. The van der Waals surface area contributed by atoms with Crippen molar-refractivity contribution in [2.45, 2.75) is 27.2 Å². The van der Waals surface area contributed by atoms with Crippen LogP contribution in [0, 0.1) is 5.92 Å². The van der Waals surface area contributed by atoms with Gasteiger partial charge in [0.2, 0.25) is 0 Å². The zero-order valence-electron chi connectivity index (χ0n) is 12.6. The average molecular weight is 280 g/mol. The SMILES string of the molecule is CCOc1cc(C=O)ccc1OCCOCCC(C)C. The molecule has 0 heterocycles. The third-order valence-electron chi connectivity index (χ3n) is 2.73. The highest BCUT2D eigenvalue weighted by Gasteiger charge is 2.06. The monoisotopic (exact) mass is 280 g/mol. The van der Waals surface area contributed by atoms with Gasteiger partial charge in [0.05, 0.1) is 13.2 Å². The minimum atomic E-state index is 0.471. The molecule has 1 rings (SSSR count). The van der Waals surface area contributed by atoms with Crippen molar-refractivity contribution < 1.29 is 19.0 Å². The van der Waals surface area contributed by atoms with Gasteiger partial charge in [0.25, 0.3) is 0 Å². The van der Waals surface area contributed by atoms with Gasteiger partial charge >= 0.3 is 0 Å². The number of carbonyl (C=O) groups excluding carboxylic acids is 1. The number of hydrogen-bond donors (Lipinski definition) is 0. The predicted octanol–water partition coefficient (Wildman–Crippen LogP) is 3.34. The minimum Gasteiger partial charge on any atom is -0.490 e. The molecule has 112 valence electrons. The molecule has 0 unspecified atom stereocenters. The summed E-state index contributed by atoms with van der Waals surface area (Å²) in [5.74, 6) is 1.89. The van der Waals surface area contributed by atoms with Crippen LogP contribution in [0.2, 0.25) is 0 Å². The van der Waals surface area contributed by atoms with Crippen LogP contribution in [-0.4, -0.2) is 32.7 Å². The second-order valence-electron chi connectivity index (χ2n) is 4.90. The quantitative estimate of drug-likeness (QED) is 0.487. The molecule has 0 aromatic heterocycles. The van der Waals surface area contributed by atoms with Gasteiger partial charge in [-0.3, -0.25) is 4.79 Å². The van der Waals surface area contributed by atoms with Crippen LogP contribution in [0.4, 0.5) is 0 Å². The molecule has 0 saturated heterocycles. The summed E-state index contributed by atoms with van der Waals surface area (Å²) >= 11 is 0. The Morgan fingerprint density at radius 2 is 1.90 bits per heavy atom. The van der Waals surface area contributed by atoms with Crippen LogP contribution in [0.25, 0.3) is 0 Å². The van der Waals surface area contributed by atoms with Crippen molar-refractivity contribution in [1.29, 1.82) is 0 Å². The number of ether oxygens (including phenoxy) is 3. The molecule has 1 aromatic carbocycles. The lowest BCUT2D eigenvalue weighted by Crippen LogP contribution is -2.09. The third-order valence-corrected chi connectivity index (χ3v) is 2.73. The van der Waals surface area contributed by atoms with E-state index in [1.54, 1.807) is 18.2 Å². The lowest BCUT2D eigenvalue weighted by molar-refractivity contribution is 0.0913. The molecule has 0 fully saturated rings. The maximum atomic E-state index is 10.7. The summed E-state index contributed by atoms with van der Waals surface area (Å²) in [6.45, 7) is 8.54. The fourth-order valence-electron chi connectivity index (χ4n) is 1.62. The van der Waals surface area contributed by atoms with Gasteiger partial charge in [-0.1, -0.05) is 13.8 Å². The lowest BCUT2D eigenvalue weighted by Gasteiger charge is -2.12. The highest BCUT2D eigenvalue weighted by Crippen LogP contribution is 2.27. The van der Waals surface area contributed by atoms with Crippen LogP contribution < -0.4 is 9.47 Å². The zero-order chi connectivity index (χ0) is 14.8. The third kappa shape index (κ3) is 6.06. The first-order valence-electron chi connectivity index (χ1n) is 7.10. The van der Waals surface area contributed by atoms with Crippen LogP contribution in [0.5, 0.6) is 11.5 Å². The second-order valence-corrected chi connectivity index (χ2v) is 4.90. The summed E-state index contributed by atoms with van der Waals surface area (Å²) in [5.41, 5.74) is 0.578. The molecule has 0 atom stereocenters. The largest absolute Gasteiger partial charge is 0.490 e. The van der Waals surface area contributed by atoms with E-state index in [9.17, 15) is 4.79 Å². The van der Waals surface area contributed by atoms with Gasteiger partial charge < -0.3 is 14.2 Å². The van der Waals surface area contributed by atoms with Crippen LogP contribution in [0.15, 0.2) is 18.2 Å². The van der Waals surface area contributed by atoms with Crippen molar-refractivity contribution in [3.8, 4) is 11.5 Å². The van der Waals surface area contributed by atoms with E-state index in [0.717, 1.165) is 19.3 Å². The highest BCUT2D eigenvalue weighted by atomic mass is 16.5. The number of aldehydes is 1. The smallest absolute Gasteiger partial charge is 0.161 e. The summed E-state index contributed by atoms with van der Waals surface area (Å²) < 4.78 is 16.6. The Kier molecular flexibility index (Phi) is 7.73. The molecule has 4 heteroatoms. The molecular formula is C16H24O4. The summed E-state index contributed by atoms with van der Waals surface area (Å²) in [7, 11) is 0. The van der Waals surface area contributed by atoms with Crippen LogP contribution in [0.1, 0.15) is 37.6 Å². The number of benzene rings is 1. The molecule has 4 nitrogen and oxygen atoms in total. The van der Waals surface area contributed by atoms with Crippen molar-refractivity contribution >= 4 is 6.29 Å². The van der Waals surface area contributed by atoms with Crippen molar-refractivity contribution in [3.05, 3.63) is 23.8 Å². The molecule has 1 aromatic rings. The van der Waals surface area contributed by atoms with Gasteiger partial charge in [0.1, 0.15) is 12.9 Å². The Morgan fingerprint density at radius 1 is 1.10 bits per heavy atom. The molecule has 0 saturated carbocycles. The van der Waals surface area contributed by atoms with E-state index in [2.05, 4.69) is 13.8 Å². The number of carbonyl (C=O) groups is 1. The van der Waals surface area contributed by atoms with Crippen LogP contribution in [-0.2, 0) is 4.74 Å². The molecule has 20 heavy (non-hydrogen) atoms. The second kappa shape index (κ2) is 9.37. The van der Waals surface area contributed by atoms with Gasteiger partial charge in [-0.15, -0.1) is 0 Å². The fraction of sp³-hybridized carbons (Fsp3) is 0.562. The Balaban J connectivity index is 2.40. The van der Waals surface area contributed by atoms with Gasteiger partial charge in [-0.05, 0) is 37.5 Å². The molecule has 0 aliphatic carbocycles. The Morgan fingerprint density at radius 3 is 2.55 bits per heavy atom. The Labute approximate surface area is 121 Å². The van der Waals surface area contributed by atoms with E-state index in [1.807, 2.05) is 6.92 Å². The normalized spacial score (nSPS) is 10.6. The Hall–Kier alpha value is -1.55. The molecule has 0 aliphatic heterocycles. The average Bonchev–Trinajstić information content (AvgIpc) is 2.43. The minimum absolute atomic E-state index is 0.471. The Bertz CT molecular complexity index is 401. The van der Waals surface area contributed by atoms with Crippen molar-refractivity contribution in [2.24, 2.45) is 5.92 Å². The number of hydrogen-bond acceptors (Lipinski definition) is 4. The van der Waals surface area contributed by atoms with Gasteiger partial charge in [0, 0.05) is 12.2 Å². The summed E-state index contributed by atoms with van der Waals surface area (Å²) in [5, 5.41) is 0. The summed E-state index contributed by atoms with van der Waals surface area (Å²) in [6.07, 6.45) is 1.85. The maximum Gasteiger partial charge on any atom is 0.161 e. The van der Waals surface area contributed by atoms with Crippen molar-refractivity contribution in [3.63, 3.8) is 0 Å². The van der Waals surface area contributed by atoms with Gasteiger partial charge in [-0.25, -0.2) is 0 Å². The van der Waals surface area contributed by atoms with Gasteiger partial charge in [0.15, 0.2) is 11.5 Å². The summed E-state index contributed by atoms with van der Waals surface area (Å²) in [4.78, 5) is 10.7. The first kappa shape index (κ1) is 16.5. The molecule has 0 aliphatic rings. The van der Waals surface area contributed by atoms with Crippen molar-refractivity contribution in [2.75, 3.05) is 26.4 Å². The molecule has 0 radical (unpaired) electrons. The highest BCUT2D eigenvalue weighted by molar-refractivity contribution is 5.76. The molecule has 0 spiro atoms. The predicted molar refractivity (Wildman–Crippen MR) is 78.8 cm³/mol. The molecule has 0 bridgehead atoms. The van der Waals surface area contributed by atoms with E-state index in [0.29, 0.717) is 42.8 Å². The van der Waals surface area contributed by atoms with E-state index in [-0.39, 0.29) is 0 Å². The molecular weight excluding hydrogens is 256 g/mol. The van der Waals surface area contributed by atoms with Crippen LogP contribution >= 0.6 is 0 Å². The fourth-order valence-corrected chi connectivity index (χ4v) is 1.62. The van der Waals surface area contributed by atoms with E-state index in [1.165, 1.54) is 0 Å². The van der Waals surface area contributed by atoms with Gasteiger partial charge in [-0.2, -0.15) is 0 Å². The standard InChI is InChI=1S/C16H24O4/c1-4-19-16-11-14(12-17)5-6-15(16)20-10-9-18-8-7-13(2)3/h5-6,11-13H,4,7-10H2,1-3H3.